The lowest BCUT2D eigenvalue weighted by atomic mass is 10.1. The van der Waals surface area contributed by atoms with Gasteiger partial charge < -0.3 is 0 Å². The number of hydrogen-bond acceptors (Lipinski definition) is 2. The van der Waals surface area contributed by atoms with Gasteiger partial charge in [0.15, 0.2) is 0 Å². The highest BCUT2D eigenvalue weighted by Crippen LogP contribution is 2.25. The Kier molecular flexibility index (Phi) is 3.44. The number of benzene rings is 1. The van der Waals surface area contributed by atoms with Crippen molar-refractivity contribution < 1.29 is 0 Å². The molecule has 0 saturated carbocycles. The van der Waals surface area contributed by atoms with E-state index < -0.39 is 0 Å². The molecule has 2 rings (SSSR count). The van der Waals surface area contributed by atoms with Crippen molar-refractivity contribution in [2.45, 2.75) is 25.4 Å². The molecule has 1 aromatic carbocycles. The molecular formula is C12H16N4. The van der Waals surface area contributed by atoms with Crippen LogP contribution in [0.15, 0.2) is 35.4 Å². The number of likely N-dealkylation sites (tertiary alicyclic amines) is 1. The zero-order valence-corrected chi connectivity index (χ0v) is 9.45. The highest BCUT2D eigenvalue weighted by molar-refractivity contribution is 5.18. The summed E-state index contributed by atoms with van der Waals surface area (Å²) in [6.45, 7) is 4.09. The van der Waals surface area contributed by atoms with E-state index in [4.69, 9.17) is 5.53 Å². The van der Waals surface area contributed by atoms with Crippen molar-refractivity contribution >= 4 is 0 Å². The van der Waals surface area contributed by atoms with Gasteiger partial charge in [0.25, 0.3) is 0 Å². The van der Waals surface area contributed by atoms with Crippen LogP contribution in [0.3, 0.4) is 0 Å². The molecule has 1 aliphatic heterocycles. The fraction of sp³-hybridized carbons (Fsp3) is 0.500. The Balaban J connectivity index is 2.02. The Morgan fingerprint density at radius 1 is 1.44 bits per heavy atom. The van der Waals surface area contributed by atoms with Gasteiger partial charge in [-0.05, 0) is 31.0 Å². The zero-order valence-electron chi connectivity index (χ0n) is 9.45. The van der Waals surface area contributed by atoms with Crippen LogP contribution in [0.5, 0.6) is 0 Å². The highest BCUT2D eigenvalue weighted by Gasteiger charge is 2.25. The fourth-order valence-electron chi connectivity index (χ4n) is 2.23. The molecule has 0 radical (unpaired) electrons. The first-order valence-corrected chi connectivity index (χ1v) is 5.64. The van der Waals surface area contributed by atoms with Crippen molar-refractivity contribution in [2.24, 2.45) is 5.11 Å². The van der Waals surface area contributed by atoms with Crippen molar-refractivity contribution in [3.8, 4) is 0 Å². The number of azide groups is 1. The van der Waals surface area contributed by atoms with E-state index >= 15 is 0 Å². The second kappa shape index (κ2) is 5.01. The lowest BCUT2D eigenvalue weighted by Gasteiger charge is -2.24. The van der Waals surface area contributed by atoms with Gasteiger partial charge in [-0.15, -0.1) is 0 Å². The predicted octanol–water partition coefficient (Wildman–Crippen LogP) is 3.13. The fourth-order valence-corrected chi connectivity index (χ4v) is 2.23. The average Bonchev–Trinajstić information content (AvgIpc) is 2.78. The highest BCUT2D eigenvalue weighted by atomic mass is 15.2. The average molecular weight is 216 g/mol. The maximum Gasteiger partial charge on any atom is 0.0513 e. The topological polar surface area (TPSA) is 52.0 Å². The van der Waals surface area contributed by atoms with Crippen LogP contribution >= 0.6 is 0 Å². The molecule has 0 aliphatic carbocycles. The standard InChI is InChI=1S/C12H16N4/c1-10(11-5-3-2-4-6-11)16-8-7-12(9-16)14-15-13/h2-6,10,12H,7-9H2,1H3/t10-,12-/m0/s1. The quantitative estimate of drug-likeness (QED) is 0.435. The van der Waals surface area contributed by atoms with E-state index in [0.29, 0.717) is 6.04 Å². The van der Waals surface area contributed by atoms with Crippen LogP contribution in [0.2, 0.25) is 0 Å². The van der Waals surface area contributed by atoms with Crippen molar-refractivity contribution in [1.82, 2.24) is 4.90 Å². The minimum absolute atomic E-state index is 0.149. The lowest BCUT2D eigenvalue weighted by molar-refractivity contribution is 0.260. The first-order valence-electron chi connectivity index (χ1n) is 5.64. The van der Waals surface area contributed by atoms with Crippen molar-refractivity contribution in [3.63, 3.8) is 0 Å². The molecule has 4 nitrogen and oxygen atoms in total. The van der Waals surface area contributed by atoms with E-state index in [1.165, 1.54) is 5.56 Å². The van der Waals surface area contributed by atoms with Crippen molar-refractivity contribution in [2.75, 3.05) is 13.1 Å². The third-order valence-corrected chi connectivity index (χ3v) is 3.24. The molecule has 0 N–H and O–H groups in total. The van der Waals surface area contributed by atoms with Crippen LogP contribution in [-0.4, -0.2) is 24.0 Å². The normalized spacial score (nSPS) is 22.7. The van der Waals surface area contributed by atoms with E-state index in [1.54, 1.807) is 0 Å². The maximum absolute atomic E-state index is 8.41. The monoisotopic (exact) mass is 216 g/mol. The molecule has 16 heavy (non-hydrogen) atoms. The van der Waals surface area contributed by atoms with Gasteiger partial charge >= 0.3 is 0 Å². The minimum Gasteiger partial charge on any atom is -0.296 e. The summed E-state index contributed by atoms with van der Waals surface area (Å²) in [6, 6.07) is 11.0. The van der Waals surface area contributed by atoms with Crippen LogP contribution in [0.4, 0.5) is 0 Å². The molecule has 0 amide bonds. The van der Waals surface area contributed by atoms with Crippen LogP contribution in [0.1, 0.15) is 24.9 Å². The molecule has 1 fully saturated rings. The molecule has 0 unspecified atom stereocenters. The number of nitrogens with zero attached hydrogens (tertiary/aromatic N) is 4. The van der Waals surface area contributed by atoms with Crippen LogP contribution < -0.4 is 0 Å². The van der Waals surface area contributed by atoms with E-state index in [-0.39, 0.29) is 6.04 Å². The van der Waals surface area contributed by atoms with E-state index in [0.717, 1.165) is 19.5 Å². The Morgan fingerprint density at radius 2 is 2.19 bits per heavy atom. The molecule has 4 heteroatoms. The molecule has 1 heterocycles. The second-order valence-corrected chi connectivity index (χ2v) is 4.23. The molecule has 1 aliphatic rings. The van der Waals surface area contributed by atoms with E-state index in [2.05, 4.69) is 46.1 Å². The number of hydrogen-bond donors (Lipinski definition) is 0. The third kappa shape index (κ3) is 2.35. The molecular weight excluding hydrogens is 200 g/mol. The van der Waals surface area contributed by atoms with Crippen LogP contribution in [-0.2, 0) is 0 Å². The Labute approximate surface area is 95.5 Å². The maximum atomic E-state index is 8.41. The van der Waals surface area contributed by atoms with Gasteiger partial charge in [0, 0.05) is 17.5 Å². The molecule has 2 atom stereocenters. The van der Waals surface area contributed by atoms with Gasteiger partial charge in [0.1, 0.15) is 0 Å². The lowest BCUT2D eigenvalue weighted by Crippen LogP contribution is -2.25. The summed E-state index contributed by atoms with van der Waals surface area (Å²) >= 11 is 0. The smallest absolute Gasteiger partial charge is 0.0513 e. The molecule has 1 saturated heterocycles. The summed E-state index contributed by atoms with van der Waals surface area (Å²) in [7, 11) is 0. The van der Waals surface area contributed by atoms with Gasteiger partial charge in [-0.1, -0.05) is 35.4 Å². The van der Waals surface area contributed by atoms with Crippen LogP contribution in [0, 0.1) is 0 Å². The summed E-state index contributed by atoms with van der Waals surface area (Å²) in [5.74, 6) is 0. The summed E-state index contributed by atoms with van der Waals surface area (Å²) in [5.41, 5.74) is 9.73. The molecule has 84 valence electrons. The Morgan fingerprint density at radius 3 is 2.88 bits per heavy atom. The third-order valence-electron chi connectivity index (χ3n) is 3.24. The van der Waals surface area contributed by atoms with E-state index in [1.807, 2.05) is 6.07 Å². The number of rotatable bonds is 3. The summed E-state index contributed by atoms with van der Waals surface area (Å²) in [6.07, 6.45) is 0.973. The summed E-state index contributed by atoms with van der Waals surface area (Å²) < 4.78 is 0. The van der Waals surface area contributed by atoms with E-state index in [9.17, 15) is 0 Å². The Hall–Kier alpha value is -1.51. The predicted molar refractivity (Wildman–Crippen MR) is 64.0 cm³/mol. The van der Waals surface area contributed by atoms with Gasteiger partial charge in [-0.2, -0.15) is 0 Å². The molecule has 0 spiro atoms. The van der Waals surface area contributed by atoms with Crippen molar-refractivity contribution in [1.29, 1.82) is 0 Å². The van der Waals surface area contributed by atoms with Gasteiger partial charge in [-0.3, -0.25) is 4.90 Å². The minimum atomic E-state index is 0.149. The summed E-state index contributed by atoms with van der Waals surface area (Å²) in [4.78, 5) is 5.25. The van der Waals surface area contributed by atoms with Gasteiger partial charge in [-0.25, -0.2) is 0 Å². The first kappa shape index (κ1) is 11.0. The van der Waals surface area contributed by atoms with Crippen LogP contribution in [0.25, 0.3) is 10.4 Å². The van der Waals surface area contributed by atoms with Gasteiger partial charge in [0.2, 0.25) is 0 Å². The zero-order chi connectivity index (χ0) is 11.4. The SMILES string of the molecule is C[C@@H](c1ccccc1)N1CC[C@H](N=[N+]=[N-])C1. The first-order chi connectivity index (χ1) is 7.81. The molecule has 1 aromatic rings. The molecule has 0 bridgehead atoms. The largest absolute Gasteiger partial charge is 0.296 e. The van der Waals surface area contributed by atoms with Gasteiger partial charge in [0.05, 0.1) is 6.04 Å². The summed E-state index contributed by atoms with van der Waals surface area (Å²) in [5, 5.41) is 3.79. The van der Waals surface area contributed by atoms with Crippen molar-refractivity contribution in [3.05, 3.63) is 46.3 Å². The molecule has 0 aromatic heterocycles. The Bertz CT molecular complexity index is 383. The second-order valence-electron chi connectivity index (χ2n) is 4.23.